The van der Waals surface area contributed by atoms with Crippen LogP contribution in [-0.4, -0.2) is 44.2 Å². The highest BCUT2D eigenvalue weighted by molar-refractivity contribution is 8.00. The van der Waals surface area contributed by atoms with Crippen LogP contribution < -0.4 is 14.8 Å². The van der Waals surface area contributed by atoms with Crippen molar-refractivity contribution >= 4 is 35.1 Å². The van der Waals surface area contributed by atoms with Crippen molar-refractivity contribution < 1.29 is 28.6 Å². The molecule has 3 aromatic rings. The van der Waals surface area contributed by atoms with Crippen molar-refractivity contribution in [3.05, 3.63) is 83.4 Å². The predicted octanol–water partition coefficient (Wildman–Crippen LogP) is 4.35. The highest BCUT2D eigenvalue weighted by Gasteiger charge is 2.17. The lowest BCUT2D eigenvalue weighted by molar-refractivity contribution is -0.113. The highest BCUT2D eigenvalue weighted by Crippen LogP contribution is 2.28. The van der Waals surface area contributed by atoms with Crippen LogP contribution in [0.1, 0.15) is 26.3 Å². The van der Waals surface area contributed by atoms with E-state index >= 15 is 0 Å². The van der Waals surface area contributed by atoms with Crippen LogP contribution in [0.25, 0.3) is 0 Å². The van der Waals surface area contributed by atoms with Crippen LogP contribution in [0.3, 0.4) is 0 Å². The van der Waals surface area contributed by atoms with Crippen molar-refractivity contribution in [1.82, 2.24) is 0 Å². The van der Waals surface area contributed by atoms with Gasteiger partial charge in [0.05, 0.1) is 37.2 Å². The van der Waals surface area contributed by atoms with Gasteiger partial charge in [-0.3, -0.25) is 9.59 Å². The summed E-state index contributed by atoms with van der Waals surface area (Å²) in [6.07, 6.45) is 0. The van der Waals surface area contributed by atoms with E-state index < -0.39 is 18.4 Å². The lowest BCUT2D eigenvalue weighted by Crippen LogP contribution is -2.16. The number of methoxy groups -OCH3 is 2. The summed E-state index contributed by atoms with van der Waals surface area (Å²) in [4.78, 5) is 38.1. The first-order valence-corrected chi connectivity index (χ1v) is 11.4. The summed E-state index contributed by atoms with van der Waals surface area (Å²) in [7, 11) is 2.96. The summed E-state index contributed by atoms with van der Waals surface area (Å²) in [6, 6.07) is 19.9. The molecule has 0 unspecified atom stereocenters. The molecule has 1 amide bonds. The van der Waals surface area contributed by atoms with Gasteiger partial charge in [0.15, 0.2) is 23.9 Å². The van der Waals surface area contributed by atoms with Crippen LogP contribution >= 0.6 is 11.8 Å². The molecular formula is C26H22N2O6S. The molecule has 0 fully saturated rings. The molecule has 35 heavy (non-hydrogen) atoms. The first-order valence-electron chi connectivity index (χ1n) is 10.4. The standard InChI is InChI=1S/C26H22N2O6S/c1-32-22-11-10-18(13-23(22)33-2)21(29)15-34-26(31)20-8-3-4-9-24(20)35-16-25(30)28-19-7-5-6-17(12-19)14-27/h3-13H,15-16H2,1-2H3,(H,28,30). The Labute approximate surface area is 206 Å². The minimum atomic E-state index is -0.677. The summed E-state index contributed by atoms with van der Waals surface area (Å²) in [5.41, 5.74) is 1.51. The second-order valence-corrected chi connectivity index (χ2v) is 8.11. The lowest BCUT2D eigenvalue weighted by Gasteiger charge is -2.11. The highest BCUT2D eigenvalue weighted by atomic mass is 32.2. The van der Waals surface area contributed by atoms with Gasteiger partial charge in [-0.05, 0) is 48.5 Å². The van der Waals surface area contributed by atoms with E-state index in [1.165, 1.54) is 20.3 Å². The van der Waals surface area contributed by atoms with Gasteiger partial charge in [-0.25, -0.2) is 4.79 Å². The van der Waals surface area contributed by atoms with Crippen molar-refractivity contribution in [1.29, 1.82) is 5.26 Å². The summed E-state index contributed by atoms with van der Waals surface area (Å²) in [6.45, 7) is -0.455. The van der Waals surface area contributed by atoms with E-state index in [1.54, 1.807) is 60.7 Å². The molecule has 3 rings (SSSR count). The van der Waals surface area contributed by atoms with Crippen LogP contribution in [0.15, 0.2) is 71.6 Å². The third-order valence-electron chi connectivity index (χ3n) is 4.78. The van der Waals surface area contributed by atoms with Crippen LogP contribution in [0.2, 0.25) is 0 Å². The number of nitrogens with zero attached hydrogens (tertiary/aromatic N) is 1. The topological polar surface area (TPSA) is 115 Å². The maximum Gasteiger partial charge on any atom is 0.339 e. The fourth-order valence-electron chi connectivity index (χ4n) is 3.07. The van der Waals surface area contributed by atoms with Gasteiger partial charge < -0.3 is 19.5 Å². The third-order valence-corrected chi connectivity index (χ3v) is 5.85. The number of anilines is 1. The second-order valence-electron chi connectivity index (χ2n) is 7.09. The maximum absolute atomic E-state index is 12.7. The number of benzene rings is 3. The smallest absolute Gasteiger partial charge is 0.339 e. The lowest BCUT2D eigenvalue weighted by atomic mass is 10.1. The van der Waals surface area contributed by atoms with Gasteiger partial charge in [-0.2, -0.15) is 5.26 Å². The molecule has 0 aliphatic rings. The van der Waals surface area contributed by atoms with Crippen molar-refractivity contribution in [3.8, 4) is 17.6 Å². The number of carbonyl (C=O) groups is 3. The van der Waals surface area contributed by atoms with Gasteiger partial charge in [-0.1, -0.05) is 18.2 Å². The van der Waals surface area contributed by atoms with Gasteiger partial charge in [0.1, 0.15) is 0 Å². The van der Waals surface area contributed by atoms with E-state index in [4.69, 9.17) is 19.5 Å². The number of ether oxygens (including phenoxy) is 3. The zero-order valence-electron chi connectivity index (χ0n) is 19.1. The van der Waals surface area contributed by atoms with Crippen LogP contribution in [-0.2, 0) is 9.53 Å². The average Bonchev–Trinajstić information content (AvgIpc) is 2.90. The van der Waals surface area contributed by atoms with Gasteiger partial charge in [0.25, 0.3) is 0 Å². The zero-order chi connectivity index (χ0) is 25.2. The number of thioether (sulfide) groups is 1. The first-order chi connectivity index (χ1) is 16.9. The Morgan fingerprint density at radius 2 is 1.71 bits per heavy atom. The van der Waals surface area contributed by atoms with E-state index in [2.05, 4.69) is 5.32 Å². The van der Waals surface area contributed by atoms with Crippen molar-refractivity contribution in [2.24, 2.45) is 0 Å². The molecular weight excluding hydrogens is 468 g/mol. The van der Waals surface area contributed by atoms with Crippen molar-refractivity contribution in [3.63, 3.8) is 0 Å². The molecule has 0 atom stereocenters. The monoisotopic (exact) mass is 490 g/mol. The summed E-state index contributed by atoms with van der Waals surface area (Å²) < 4.78 is 15.6. The Balaban J connectivity index is 1.60. The molecule has 9 heteroatoms. The number of esters is 1. The average molecular weight is 491 g/mol. The third kappa shape index (κ3) is 6.85. The Kier molecular flexibility index (Phi) is 8.87. The van der Waals surface area contributed by atoms with Crippen LogP contribution in [0, 0.1) is 11.3 Å². The number of carbonyl (C=O) groups excluding carboxylic acids is 3. The van der Waals surface area contributed by atoms with Crippen LogP contribution in [0.5, 0.6) is 11.5 Å². The molecule has 3 aromatic carbocycles. The molecule has 1 N–H and O–H groups in total. The molecule has 0 radical (unpaired) electrons. The Bertz CT molecular complexity index is 1280. The Morgan fingerprint density at radius 1 is 0.943 bits per heavy atom. The number of ketones is 1. The predicted molar refractivity (Wildman–Crippen MR) is 131 cm³/mol. The largest absolute Gasteiger partial charge is 0.493 e. The second kappa shape index (κ2) is 12.3. The maximum atomic E-state index is 12.7. The summed E-state index contributed by atoms with van der Waals surface area (Å²) in [5.74, 6) is -0.465. The molecule has 0 saturated carbocycles. The quantitative estimate of drug-likeness (QED) is 0.253. The van der Waals surface area contributed by atoms with Gasteiger partial charge in [0, 0.05) is 16.1 Å². The van der Waals surface area contributed by atoms with E-state index in [0.29, 0.717) is 33.2 Å². The number of nitrogens with one attached hydrogen (secondary N) is 1. The molecule has 0 heterocycles. The molecule has 0 bridgehead atoms. The zero-order valence-corrected chi connectivity index (χ0v) is 19.9. The number of rotatable bonds is 10. The molecule has 8 nitrogen and oxygen atoms in total. The first kappa shape index (κ1) is 25.3. The normalized spacial score (nSPS) is 10.1. The summed E-state index contributed by atoms with van der Waals surface area (Å²) >= 11 is 1.16. The minimum Gasteiger partial charge on any atom is -0.493 e. The van der Waals surface area contributed by atoms with Gasteiger partial charge in [-0.15, -0.1) is 11.8 Å². The van der Waals surface area contributed by atoms with E-state index in [-0.39, 0.29) is 17.2 Å². The molecule has 0 aromatic heterocycles. The fraction of sp³-hybridized carbons (Fsp3) is 0.154. The summed E-state index contributed by atoms with van der Waals surface area (Å²) in [5, 5.41) is 11.7. The number of amides is 1. The number of nitriles is 1. The molecule has 0 aliphatic heterocycles. The molecule has 0 spiro atoms. The minimum absolute atomic E-state index is 0.0334. The number of hydrogen-bond acceptors (Lipinski definition) is 8. The van der Waals surface area contributed by atoms with E-state index in [1.807, 2.05) is 6.07 Å². The van der Waals surface area contributed by atoms with Crippen molar-refractivity contribution in [2.45, 2.75) is 4.90 Å². The Hall–Kier alpha value is -4.29. The number of Topliss-reactive ketones (excluding diaryl/α,β-unsaturated/α-hetero) is 1. The van der Waals surface area contributed by atoms with E-state index in [0.717, 1.165) is 11.8 Å². The molecule has 0 aliphatic carbocycles. The van der Waals surface area contributed by atoms with Gasteiger partial charge in [0.2, 0.25) is 5.91 Å². The SMILES string of the molecule is COc1ccc(C(=O)COC(=O)c2ccccc2SCC(=O)Nc2cccc(C#N)c2)cc1OC. The van der Waals surface area contributed by atoms with Crippen molar-refractivity contribution in [2.75, 3.05) is 31.9 Å². The van der Waals surface area contributed by atoms with Crippen LogP contribution in [0.4, 0.5) is 5.69 Å². The molecule has 178 valence electrons. The Morgan fingerprint density at radius 3 is 2.46 bits per heavy atom. The van der Waals surface area contributed by atoms with E-state index in [9.17, 15) is 14.4 Å². The van der Waals surface area contributed by atoms with Gasteiger partial charge >= 0.3 is 5.97 Å². The fourth-order valence-corrected chi connectivity index (χ4v) is 3.91. The number of hydrogen-bond donors (Lipinski definition) is 1. The molecule has 0 saturated heterocycles.